The zero-order valence-corrected chi connectivity index (χ0v) is 6.43. The van der Waals surface area contributed by atoms with E-state index in [-0.39, 0.29) is 24.0 Å². The van der Waals surface area contributed by atoms with E-state index in [1.807, 2.05) is 0 Å². The molecule has 0 N–H and O–H groups in total. The summed E-state index contributed by atoms with van der Waals surface area (Å²) in [6.45, 7) is 0.814. The summed E-state index contributed by atoms with van der Waals surface area (Å²) >= 11 is 0. The molecule has 0 aromatic heterocycles. The Bertz CT molecular complexity index is 237. The van der Waals surface area contributed by atoms with Gasteiger partial charge in [-0.1, -0.05) is 0 Å². The molecule has 2 rings (SSSR count). The summed E-state index contributed by atoms with van der Waals surface area (Å²) in [5.74, 6) is -0.373. The summed E-state index contributed by atoms with van der Waals surface area (Å²) in [5, 5.41) is 17.4. The van der Waals surface area contributed by atoms with Crippen molar-refractivity contribution in [3.05, 3.63) is 0 Å². The number of hydrogen-bond acceptors (Lipinski definition) is 4. The first-order chi connectivity index (χ1) is 5.86. The highest BCUT2D eigenvalue weighted by Gasteiger charge is 2.47. The molecular weight excluding hydrogens is 156 g/mol. The van der Waals surface area contributed by atoms with Gasteiger partial charge in [0, 0.05) is 0 Å². The maximum Gasteiger partial charge on any atom is 0.103 e. The van der Waals surface area contributed by atoms with E-state index < -0.39 is 0 Å². The van der Waals surface area contributed by atoms with Gasteiger partial charge in [-0.05, 0) is 0 Å². The van der Waals surface area contributed by atoms with Gasteiger partial charge in [0.15, 0.2) is 0 Å². The molecule has 12 heavy (non-hydrogen) atoms. The van der Waals surface area contributed by atoms with Crippen LogP contribution < -0.4 is 0 Å². The van der Waals surface area contributed by atoms with Gasteiger partial charge in [-0.3, -0.25) is 0 Å². The molecule has 2 heterocycles. The van der Waals surface area contributed by atoms with Crippen molar-refractivity contribution in [1.29, 1.82) is 10.5 Å². The second kappa shape index (κ2) is 2.75. The minimum Gasteiger partial charge on any atom is -0.373 e. The van der Waals surface area contributed by atoms with E-state index in [1.165, 1.54) is 0 Å². The number of fused-ring (bicyclic) bond motifs is 1. The molecule has 0 bridgehead atoms. The quantitative estimate of drug-likeness (QED) is 0.508. The standard InChI is InChI=1S/C8H8N2O2/c9-1-5-3-11-8-6(2-10)4-12-7(5)8/h5-8H,3-4H2/t5-,6-,7+,8+/m0/s1. The maximum absolute atomic E-state index is 8.68. The maximum atomic E-state index is 8.68. The van der Waals surface area contributed by atoms with Crippen LogP contribution in [0.15, 0.2) is 0 Å². The molecule has 2 aliphatic heterocycles. The first kappa shape index (κ1) is 7.54. The van der Waals surface area contributed by atoms with Crippen LogP contribution in [0, 0.1) is 34.5 Å². The fourth-order valence-electron chi connectivity index (χ4n) is 1.72. The van der Waals surface area contributed by atoms with Crippen LogP contribution in [0.1, 0.15) is 0 Å². The van der Waals surface area contributed by atoms with Gasteiger partial charge in [-0.15, -0.1) is 0 Å². The number of nitrogens with zero attached hydrogens (tertiary/aromatic N) is 2. The van der Waals surface area contributed by atoms with E-state index in [4.69, 9.17) is 20.0 Å². The summed E-state index contributed by atoms with van der Waals surface area (Å²) < 4.78 is 10.6. The second-order valence-corrected chi connectivity index (χ2v) is 3.07. The van der Waals surface area contributed by atoms with Crippen LogP contribution in [0.2, 0.25) is 0 Å². The van der Waals surface area contributed by atoms with E-state index in [1.54, 1.807) is 0 Å². The molecule has 0 aromatic carbocycles. The Labute approximate surface area is 70.3 Å². The normalized spacial score (nSPS) is 44.8. The van der Waals surface area contributed by atoms with Crippen molar-refractivity contribution in [2.45, 2.75) is 12.2 Å². The third-order valence-electron chi connectivity index (χ3n) is 2.39. The summed E-state index contributed by atoms with van der Waals surface area (Å²) in [4.78, 5) is 0. The van der Waals surface area contributed by atoms with Crippen LogP contribution >= 0.6 is 0 Å². The third-order valence-corrected chi connectivity index (χ3v) is 2.39. The van der Waals surface area contributed by atoms with Crippen LogP contribution in [-0.2, 0) is 9.47 Å². The molecule has 4 heteroatoms. The highest BCUT2D eigenvalue weighted by molar-refractivity contribution is 5.07. The molecule has 2 aliphatic rings. The summed E-state index contributed by atoms with van der Waals surface area (Å²) in [6, 6.07) is 4.24. The molecule has 4 nitrogen and oxygen atoms in total. The van der Waals surface area contributed by atoms with Crippen molar-refractivity contribution in [3.8, 4) is 12.1 Å². The minimum atomic E-state index is -0.187. The van der Waals surface area contributed by atoms with E-state index in [2.05, 4.69) is 12.1 Å². The Hall–Kier alpha value is -1.10. The van der Waals surface area contributed by atoms with Gasteiger partial charge >= 0.3 is 0 Å². The Morgan fingerprint density at radius 3 is 1.67 bits per heavy atom. The Balaban J connectivity index is 2.13. The highest BCUT2D eigenvalue weighted by Crippen LogP contribution is 2.33. The van der Waals surface area contributed by atoms with Gasteiger partial charge in [-0.2, -0.15) is 10.5 Å². The van der Waals surface area contributed by atoms with E-state index in [0.717, 1.165) is 0 Å². The van der Waals surface area contributed by atoms with E-state index in [0.29, 0.717) is 13.2 Å². The topological polar surface area (TPSA) is 66.0 Å². The van der Waals surface area contributed by atoms with Crippen molar-refractivity contribution in [2.24, 2.45) is 11.8 Å². The van der Waals surface area contributed by atoms with Crippen LogP contribution in [0.25, 0.3) is 0 Å². The van der Waals surface area contributed by atoms with Gasteiger partial charge in [-0.25, -0.2) is 0 Å². The van der Waals surface area contributed by atoms with E-state index in [9.17, 15) is 0 Å². The molecule has 0 spiro atoms. The second-order valence-electron chi connectivity index (χ2n) is 3.07. The van der Waals surface area contributed by atoms with E-state index >= 15 is 0 Å². The average Bonchev–Trinajstić information content (AvgIpc) is 2.62. The molecule has 0 radical (unpaired) electrons. The molecule has 0 amide bonds. The molecule has 0 aliphatic carbocycles. The van der Waals surface area contributed by atoms with Gasteiger partial charge in [0.1, 0.15) is 12.2 Å². The molecule has 4 atom stereocenters. The molecule has 2 saturated heterocycles. The summed E-state index contributed by atoms with van der Waals surface area (Å²) in [5.41, 5.74) is 0. The van der Waals surface area contributed by atoms with Gasteiger partial charge < -0.3 is 9.47 Å². The summed E-state index contributed by atoms with van der Waals surface area (Å²) in [6.07, 6.45) is -0.334. The minimum absolute atomic E-state index is 0.167. The van der Waals surface area contributed by atoms with Crippen molar-refractivity contribution >= 4 is 0 Å². The van der Waals surface area contributed by atoms with Crippen LogP contribution in [-0.4, -0.2) is 25.4 Å². The SMILES string of the molecule is N#C[C@H]1CO[C@H]2[C@@H]1OC[C@@H]2C#N. The summed E-state index contributed by atoms with van der Waals surface area (Å²) in [7, 11) is 0. The molecule has 0 saturated carbocycles. The Morgan fingerprint density at radius 2 is 1.33 bits per heavy atom. The zero-order valence-electron chi connectivity index (χ0n) is 6.43. The van der Waals surface area contributed by atoms with Crippen molar-refractivity contribution in [1.82, 2.24) is 0 Å². The fourth-order valence-corrected chi connectivity index (χ4v) is 1.72. The predicted octanol–water partition coefficient (Wildman–Crippen LogP) is 0.0636. The number of hydrogen-bond donors (Lipinski definition) is 0. The van der Waals surface area contributed by atoms with Gasteiger partial charge in [0.05, 0.1) is 37.2 Å². The molecule has 0 unspecified atom stereocenters. The first-order valence-corrected chi connectivity index (χ1v) is 3.89. The van der Waals surface area contributed by atoms with Crippen molar-refractivity contribution in [3.63, 3.8) is 0 Å². The van der Waals surface area contributed by atoms with Crippen molar-refractivity contribution in [2.75, 3.05) is 13.2 Å². The average molecular weight is 164 g/mol. The van der Waals surface area contributed by atoms with Crippen molar-refractivity contribution < 1.29 is 9.47 Å². The third kappa shape index (κ3) is 0.896. The van der Waals surface area contributed by atoms with Crippen LogP contribution in [0.3, 0.4) is 0 Å². The largest absolute Gasteiger partial charge is 0.373 e. The Kier molecular flexibility index (Phi) is 1.73. The fraction of sp³-hybridized carbons (Fsp3) is 0.750. The lowest BCUT2D eigenvalue weighted by Gasteiger charge is -2.08. The zero-order chi connectivity index (χ0) is 8.55. The molecule has 2 fully saturated rings. The lowest BCUT2D eigenvalue weighted by molar-refractivity contribution is 0.0664. The number of ether oxygens (including phenoxy) is 2. The number of rotatable bonds is 0. The highest BCUT2D eigenvalue weighted by atomic mass is 16.6. The molecule has 0 aromatic rings. The lowest BCUT2D eigenvalue weighted by Crippen LogP contribution is -2.24. The predicted molar refractivity (Wildman–Crippen MR) is 37.7 cm³/mol. The van der Waals surface area contributed by atoms with Crippen LogP contribution in [0.4, 0.5) is 0 Å². The van der Waals surface area contributed by atoms with Gasteiger partial charge in [0.2, 0.25) is 0 Å². The monoisotopic (exact) mass is 164 g/mol. The smallest absolute Gasteiger partial charge is 0.103 e. The number of nitriles is 2. The lowest BCUT2D eigenvalue weighted by atomic mass is 9.98. The molecule has 62 valence electrons. The van der Waals surface area contributed by atoms with Gasteiger partial charge in [0.25, 0.3) is 0 Å². The van der Waals surface area contributed by atoms with Crippen LogP contribution in [0.5, 0.6) is 0 Å². The molecular formula is C8H8N2O2. The first-order valence-electron chi connectivity index (χ1n) is 3.89. The Morgan fingerprint density at radius 1 is 0.917 bits per heavy atom.